The SMILES string of the molecule is CC(CO)(CO)COCCOCC(C)(CO)CO. The van der Waals surface area contributed by atoms with Gasteiger partial charge in [0.25, 0.3) is 0 Å². The Kier molecular flexibility index (Phi) is 8.67. The molecule has 0 aromatic rings. The molecule has 18 heavy (non-hydrogen) atoms. The van der Waals surface area contributed by atoms with Crippen molar-refractivity contribution < 1.29 is 29.9 Å². The molecule has 0 aliphatic carbocycles. The molecule has 6 nitrogen and oxygen atoms in total. The van der Waals surface area contributed by atoms with Gasteiger partial charge in [-0.2, -0.15) is 0 Å². The Labute approximate surface area is 108 Å². The Balaban J connectivity index is 3.63. The summed E-state index contributed by atoms with van der Waals surface area (Å²) in [5, 5.41) is 36.1. The van der Waals surface area contributed by atoms with Gasteiger partial charge in [-0.25, -0.2) is 0 Å². The first-order valence-electron chi connectivity index (χ1n) is 6.04. The van der Waals surface area contributed by atoms with Crippen molar-refractivity contribution in [1.82, 2.24) is 0 Å². The lowest BCUT2D eigenvalue weighted by Crippen LogP contribution is -2.33. The Morgan fingerprint density at radius 1 is 0.667 bits per heavy atom. The minimum Gasteiger partial charge on any atom is -0.396 e. The Hall–Kier alpha value is -0.240. The second-order valence-corrected chi connectivity index (χ2v) is 5.36. The van der Waals surface area contributed by atoms with Gasteiger partial charge in [0.15, 0.2) is 0 Å². The molecule has 0 bridgehead atoms. The van der Waals surface area contributed by atoms with Gasteiger partial charge in [-0.15, -0.1) is 0 Å². The largest absolute Gasteiger partial charge is 0.396 e. The van der Waals surface area contributed by atoms with Gasteiger partial charge in [0.1, 0.15) is 0 Å². The third-order valence-electron chi connectivity index (χ3n) is 2.80. The van der Waals surface area contributed by atoms with E-state index in [1.807, 2.05) is 0 Å². The summed E-state index contributed by atoms with van der Waals surface area (Å²) in [6.07, 6.45) is 0. The van der Waals surface area contributed by atoms with Gasteiger partial charge in [-0.1, -0.05) is 13.8 Å². The Morgan fingerprint density at radius 3 is 1.17 bits per heavy atom. The first-order chi connectivity index (χ1) is 8.45. The predicted molar refractivity (Wildman–Crippen MR) is 66.2 cm³/mol. The summed E-state index contributed by atoms with van der Waals surface area (Å²) in [4.78, 5) is 0. The standard InChI is InChI=1S/C12H26O6/c1-11(5-13,6-14)9-17-3-4-18-10-12(2,7-15)8-16/h13-16H,3-10H2,1-2H3. The van der Waals surface area contributed by atoms with E-state index < -0.39 is 10.8 Å². The molecular weight excluding hydrogens is 240 g/mol. The van der Waals surface area contributed by atoms with Crippen molar-refractivity contribution in [3.05, 3.63) is 0 Å². The second-order valence-electron chi connectivity index (χ2n) is 5.36. The normalized spacial score (nSPS) is 13.0. The van der Waals surface area contributed by atoms with Crippen molar-refractivity contribution in [2.75, 3.05) is 52.9 Å². The van der Waals surface area contributed by atoms with E-state index >= 15 is 0 Å². The van der Waals surface area contributed by atoms with Crippen molar-refractivity contribution >= 4 is 0 Å². The molecule has 4 N–H and O–H groups in total. The van der Waals surface area contributed by atoms with Crippen LogP contribution >= 0.6 is 0 Å². The van der Waals surface area contributed by atoms with E-state index in [0.29, 0.717) is 13.2 Å². The number of hydrogen-bond donors (Lipinski definition) is 4. The molecule has 0 aromatic heterocycles. The van der Waals surface area contributed by atoms with Gasteiger partial charge in [0, 0.05) is 10.8 Å². The van der Waals surface area contributed by atoms with Crippen molar-refractivity contribution in [2.45, 2.75) is 13.8 Å². The molecular formula is C12H26O6. The summed E-state index contributed by atoms with van der Waals surface area (Å²) in [5.74, 6) is 0. The highest BCUT2D eigenvalue weighted by atomic mass is 16.5. The molecule has 0 aliphatic heterocycles. The molecule has 0 saturated carbocycles. The van der Waals surface area contributed by atoms with Crippen molar-refractivity contribution in [1.29, 1.82) is 0 Å². The molecule has 110 valence electrons. The molecule has 0 amide bonds. The van der Waals surface area contributed by atoms with E-state index in [-0.39, 0.29) is 39.6 Å². The molecule has 0 aliphatic rings. The lowest BCUT2D eigenvalue weighted by Gasteiger charge is -2.25. The summed E-state index contributed by atoms with van der Waals surface area (Å²) in [6, 6.07) is 0. The fourth-order valence-corrected chi connectivity index (χ4v) is 1.04. The zero-order valence-electron chi connectivity index (χ0n) is 11.3. The van der Waals surface area contributed by atoms with Crippen LogP contribution < -0.4 is 0 Å². The van der Waals surface area contributed by atoms with Crippen molar-refractivity contribution in [2.24, 2.45) is 10.8 Å². The summed E-state index contributed by atoms with van der Waals surface area (Å²) < 4.78 is 10.6. The van der Waals surface area contributed by atoms with Crippen LogP contribution in [0.2, 0.25) is 0 Å². The van der Waals surface area contributed by atoms with Gasteiger partial charge in [0.05, 0.1) is 52.9 Å². The van der Waals surface area contributed by atoms with Crippen LogP contribution in [-0.2, 0) is 9.47 Å². The number of hydrogen-bond acceptors (Lipinski definition) is 6. The lowest BCUT2D eigenvalue weighted by atomic mass is 9.94. The van der Waals surface area contributed by atoms with Crippen LogP contribution in [0.5, 0.6) is 0 Å². The van der Waals surface area contributed by atoms with Gasteiger partial charge < -0.3 is 29.9 Å². The maximum absolute atomic E-state index is 9.03. The average Bonchev–Trinajstić information content (AvgIpc) is 2.42. The van der Waals surface area contributed by atoms with Gasteiger partial charge in [0.2, 0.25) is 0 Å². The number of aliphatic hydroxyl groups is 4. The maximum Gasteiger partial charge on any atom is 0.0700 e. The van der Waals surface area contributed by atoms with E-state index in [1.165, 1.54) is 0 Å². The summed E-state index contributed by atoms with van der Waals surface area (Å²) >= 11 is 0. The fraction of sp³-hybridized carbons (Fsp3) is 1.00. The lowest BCUT2D eigenvalue weighted by molar-refractivity contribution is -0.0550. The smallest absolute Gasteiger partial charge is 0.0700 e. The summed E-state index contributed by atoms with van der Waals surface area (Å²) in [5.41, 5.74) is -1.27. The molecule has 0 aromatic carbocycles. The molecule has 0 saturated heterocycles. The summed E-state index contributed by atoms with van der Waals surface area (Å²) in [6.45, 7) is 4.06. The quantitative estimate of drug-likeness (QED) is 0.358. The average molecular weight is 266 g/mol. The minimum absolute atomic E-state index is 0.141. The summed E-state index contributed by atoms with van der Waals surface area (Å²) in [7, 11) is 0. The minimum atomic E-state index is -0.634. The zero-order chi connectivity index (χ0) is 14.1. The monoisotopic (exact) mass is 266 g/mol. The Morgan fingerprint density at radius 2 is 0.944 bits per heavy atom. The van der Waals surface area contributed by atoms with Crippen molar-refractivity contribution in [3.63, 3.8) is 0 Å². The molecule has 0 spiro atoms. The van der Waals surface area contributed by atoms with E-state index in [2.05, 4.69) is 0 Å². The van der Waals surface area contributed by atoms with Crippen LogP contribution in [0.25, 0.3) is 0 Å². The van der Waals surface area contributed by atoms with Crippen LogP contribution in [0.4, 0.5) is 0 Å². The molecule has 0 atom stereocenters. The van der Waals surface area contributed by atoms with E-state index in [4.69, 9.17) is 29.9 Å². The van der Waals surface area contributed by atoms with E-state index in [1.54, 1.807) is 13.8 Å². The highest BCUT2D eigenvalue weighted by molar-refractivity contribution is 4.72. The van der Waals surface area contributed by atoms with Crippen LogP contribution in [0.1, 0.15) is 13.8 Å². The molecule has 0 radical (unpaired) electrons. The van der Waals surface area contributed by atoms with Gasteiger partial charge in [-0.05, 0) is 0 Å². The number of rotatable bonds is 11. The molecule has 0 heterocycles. The third kappa shape index (κ3) is 6.63. The molecule has 0 fully saturated rings. The van der Waals surface area contributed by atoms with Crippen LogP contribution in [-0.4, -0.2) is 73.3 Å². The van der Waals surface area contributed by atoms with E-state index in [9.17, 15) is 0 Å². The molecule has 0 unspecified atom stereocenters. The first-order valence-corrected chi connectivity index (χ1v) is 6.04. The number of ether oxygens (including phenoxy) is 2. The molecule has 6 heteroatoms. The van der Waals surface area contributed by atoms with Crippen LogP contribution in [0, 0.1) is 10.8 Å². The van der Waals surface area contributed by atoms with Gasteiger partial charge in [-0.3, -0.25) is 0 Å². The van der Waals surface area contributed by atoms with Gasteiger partial charge >= 0.3 is 0 Å². The second kappa shape index (κ2) is 8.79. The highest BCUT2D eigenvalue weighted by Gasteiger charge is 2.23. The molecule has 0 rings (SSSR count). The van der Waals surface area contributed by atoms with Crippen molar-refractivity contribution in [3.8, 4) is 0 Å². The first kappa shape index (κ1) is 17.8. The van der Waals surface area contributed by atoms with Crippen LogP contribution in [0.3, 0.4) is 0 Å². The van der Waals surface area contributed by atoms with Crippen LogP contribution in [0.15, 0.2) is 0 Å². The van der Waals surface area contributed by atoms with E-state index in [0.717, 1.165) is 0 Å². The fourth-order valence-electron chi connectivity index (χ4n) is 1.04. The topological polar surface area (TPSA) is 99.4 Å². The highest BCUT2D eigenvalue weighted by Crippen LogP contribution is 2.15. The predicted octanol–water partition coefficient (Wildman–Crippen LogP) is -0.999. The zero-order valence-corrected chi connectivity index (χ0v) is 11.3. The Bertz CT molecular complexity index is 179. The maximum atomic E-state index is 9.03. The third-order valence-corrected chi connectivity index (χ3v) is 2.80. The number of aliphatic hydroxyl groups excluding tert-OH is 4.